The molecule has 0 amide bonds. The van der Waals surface area contributed by atoms with Crippen molar-refractivity contribution in [2.75, 3.05) is 0 Å². The predicted molar refractivity (Wildman–Crippen MR) is 129 cm³/mol. The SMILES string of the molecule is C1CC[C@@]23CC(C45CC6CC(CC(C6)C4)C5)=N[C@]2(C1)CC(C12CC4CC(CC(C4)C1)C2)=N3. The van der Waals surface area contributed by atoms with Gasteiger partial charge < -0.3 is 0 Å². The van der Waals surface area contributed by atoms with Crippen LogP contribution in [0.3, 0.4) is 0 Å². The van der Waals surface area contributed by atoms with Gasteiger partial charge in [-0.15, -0.1) is 0 Å². The molecule has 2 heterocycles. The van der Waals surface area contributed by atoms with Crippen molar-refractivity contribution in [3.63, 3.8) is 0 Å². The van der Waals surface area contributed by atoms with E-state index >= 15 is 0 Å². The molecule has 2 atom stereocenters. The van der Waals surface area contributed by atoms with E-state index in [1.54, 1.807) is 49.9 Å². The Bertz CT molecular complexity index is 794. The molecule has 11 rings (SSSR count). The minimum absolute atomic E-state index is 0.197. The highest BCUT2D eigenvalue weighted by molar-refractivity contribution is 6.00. The summed E-state index contributed by atoms with van der Waals surface area (Å²) < 4.78 is 0. The maximum atomic E-state index is 5.96. The molecule has 2 nitrogen and oxygen atoms in total. The lowest BCUT2D eigenvalue weighted by Crippen LogP contribution is -2.50. The maximum Gasteiger partial charge on any atom is 0.0913 e. The summed E-state index contributed by atoms with van der Waals surface area (Å²) in [4.78, 5) is 11.9. The number of hydrogen-bond donors (Lipinski definition) is 0. The topological polar surface area (TPSA) is 24.7 Å². The maximum absolute atomic E-state index is 5.96. The van der Waals surface area contributed by atoms with Crippen LogP contribution in [0.2, 0.25) is 0 Å². The van der Waals surface area contributed by atoms with Crippen molar-refractivity contribution in [3.05, 3.63) is 0 Å². The van der Waals surface area contributed by atoms with Gasteiger partial charge >= 0.3 is 0 Å². The van der Waals surface area contributed by atoms with Crippen molar-refractivity contribution in [3.8, 4) is 0 Å². The Morgan fingerprint density at radius 3 is 1.09 bits per heavy atom. The summed E-state index contributed by atoms with van der Waals surface area (Å²) in [5, 5.41) is 0. The van der Waals surface area contributed by atoms with Gasteiger partial charge in [0.2, 0.25) is 0 Å². The van der Waals surface area contributed by atoms with Gasteiger partial charge in [0, 0.05) is 35.1 Å². The van der Waals surface area contributed by atoms with Gasteiger partial charge in [-0.3, -0.25) is 9.98 Å². The molecule has 9 saturated carbocycles. The number of rotatable bonds is 2. The Morgan fingerprint density at radius 1 is 0.469 bits per heavy atom. The van der Waals surface area contributed by atoms with Gasteiger partial charge in [0.1, 0.15) is 0 Å². The first-order chi connectivity index (χ1) is 15.6. The molecule has 0 aromatic carbocycles. The second-order valence-electron chi connectivity index (χ2n) is 15.1. The highest BCUT2D eigenvalue weighted by Crippen LogP contribution is 2.68. The van der Waals surface area contributed by atoms with Crippen molar-refractivity contribution in [1.29, 1.82) is 0 Å². The molecule has 0 unspecified atom stereocenters. The fraction of sp³-hybridized carbons (Fsp3) is 0.933. The van der Waals surface area contributed by atoms with Crippen LogP contribution >= 0.6 is 0 Å². The summed E-state index contributed by atoms with van der Waals surface area (Å²) in [6, 6.07) is 0. The van der Waals surface area contributed by atoms with E-state index in [0.717, 1.165) is 35.5 Å². The van der Waals surface area contributed by atoms with Crippen LogP contribution in [0.1, 0.15) is 116 Å². The summed E-state index contributed by atoms with van der Waals surface area (Å²) in [5.74, 6) is 6.21. The Hall–Kier alpha value is -0.660. The third-order valence-corrected chi connectivity index (χ3v) is 13.2. The molecule has 2 aliphatic heterocycles. The van der Waals surface area contributed by atoms with Gasteiger partial charge in [-0.25, -0.2) is 0 Å². The first-order valence-electron chi connectivity index (χ1n) is 14.7. The lowest BCUT2D eigenvalue weighted by Gasteiger charge is -2.57. The van der Waals surface area contributed by atoms with E-state index in [9.17, 15) is 0 Å². The van der Waals surface area contributed by atoms with Gasteiger partial charge in [0.15, 0.2) is 0 Å². The molecule has 172 valence electrons. The lowest BCUT2D eigenvalue weighted by molar-refractivity contribution is -0.0138. The zero-order valence-corrected chi connectivity index (χ0v) is 20.1. The fourth-order valence-corrected chi connectivity index (χ4v) is 12.9. The lowest BCUT2D eigenvalue weighted by atomic mass is 9.48. The number of aliphatic imine (C=N–C) groups is 2. The molecule has 11 aliphatic rings. The third-order valence-electron chi connectivity index (χ3n) is 13.2. The standard InChI is InChI=1S/C30H42N2/c1-2-4-30-18-26(28-14-22-8-23(15-28)10-24(9-22)16-28)31-29(30,3-1)17-25(32-30)27-11-19-5-20(12-27)7-21(6-19)13-27/h19-24H,1-18H2/t19?,20?,21?,22?,23?,24?,27?,28?,29-,30-/m1/s1. The number of hydrogen-bond acceptors (Lipinski definition) is 2. The van der Waals surface area contributed by atoms with Gasteiger partial charge in [-0.1, -0.05) is 12.8 Å². The molecule has 9 fully saturated rings. The molecule has 0 N–H and O–H groups in total. The Labute approximate surface area is 194 Å². The second-order valence-corrected chi connectivity index (χ2v) is 15.1. The van der Waals surface area contributed by atoms with Crippen LogP contribution in [-0.2, 0) is 0 Å². The highest BCUT2D eigenvalue weighted by Gasteiger charge is 2.67. The first kappa shape index (κ1) is 18.6. The average Bonchev–Trinajstić information content (AvgIpc) is 3.24. The second kappa shape index (κ2) is 5.76. The highest BCUT2D eigenvalue weighted by atomic mass is 15.1. The smallest absolute Gasteiger partial charge is 0.0913 e. The molecular weight excluding hydrogens is 388 g/mol. The molecule has 0 aromatic heterocycles. The fourth-order valence-electron chi connectivity index (χ4n) is 12.9. The normalized spacial score (nSPS) is 61.0. The molecule has 0 aromatic rings. The van der Waals surface area contributed by atoms with Gasteiger partial charge in [0.25, 0.3) is 0 Å². The van der Waals surface area contributed by atoms with Crippen LogP contribution in [0.25, 0.3) is 0 Å². The van der Waals surface area contributed by atoms with Gasteiger partial charge in [-0.05, 0) is 125 Å². The van der Waals surface area contributed by atoms with E-state index in [1.165, 1.54) is 77.0 Å². The summed E-state index contributed by atoms with van der Waals surface area (Å²) in [6.07, 6.45) is 26.3. The van der Waals surface area contributed by atoms with E-state index in [-0.39, 0.29) is 11.1 Å². The zero-order valence-electron chi connectivity index (χ0n) is 20.1. The Kier molecular flexibility index (Phi) is 3.36. The molecular formula is C30H42N2. The molecule has 0 saturated heterocycles. The molecule has 0 radical (unpaired) electrons. The average molecular weight is 431 g/mol. The van der Waals surface area contributed by atoms with Crippen LogP contribution in [0.4, 0.5) is 0 Å². The Balaban J connectivity index is 1.10. The summed E-state index contributed by atoms with van der Waals surface area (Å²) in [5.41, 5.74) is 4.85. The summed E-state index contributed by atoms with van der Waals surface area (Å²) in [7, 11) is 0. The monoisotopic (exact) mass is 430 g/mol. The van der Waals surface area contributed by atoms with Crippen molar-refractivity contribution in [2.45, 2.75) is 127 Å². The quantitative estimate of drug-likeness (QED) is 0.444. The van der Waals surface area contributed by atoms with Crippen LogP contribution in [0, 0.1) is 46.3 Å². The molecule has 2 heteroatoms. The molecule has 32 heavy (non-hydrogen) atoms. The van der Waals surface area contributed by atoms with Crippen molar-refractivity contribution in [2.24, 2.45) is 56.3 Å². The largest absolute Gasteiger partial charge is 0.284 e. The van der Waals surface area contributed by atoms with Crippen molar-refractivity contribution in [1.82, 2.24) is 0 Å². The van der Waals surface area contributed by atoms with E-state index in [4.69, 9.17) is 9.98 Å². The Morgan fingerprint density at radius 2 is 0.781 bits per heavy atom. The van der Waals surface area contributed by atoms with Gasteiger partial charge in [-0.2, -0.15) is 0 Å². The molecule has 9 aliphatic carbocycles. The first-order valence-corrected chi connectivity index (χ1v) is 14.7. The molecule has 0 spiro atoms. The van der Waals surface area contributed by atoms with E-state index in [2.05, 4.69) is 0 Å². The van der Waals surface area contributed by atoms with Gasteiger partial charge in [0.05, 0.1) is 11.1 Å². The van der Waals surface area contributed by atoms with Crippen LogP contribution in [0.5, 0.6) is 0 Å². The van der Waals surface area contributed by atoms with E-state index in [0.29, 0.717) is 10.8 Å². The summed E-state index contributed by atoms with van der Waals surface area (Å²) >= 11 is 0. The van der Waals surface area contributed by atoms with Crippen LogP contribution < -0.4 is 0 Å². The number of nitrogens with zero attached hydrogens (tertiary/aromatic N) is 2. The van der Waals surface area contributed by atoms with E-state index in [1.807, 2.05) is 0 Å². The van der Waals surface area contributed by atoms with E-state index < -0.39 is 0 Å². The van der Waals surface area contributed by atoms with Crippen molar-refractivity contribution < 1.29 is 0 Å². The summed E-state index contributed by atoms with van der Waals surface area (Å²) in [6.45, 7) is 0. The van der Waals surface area contributed by atoms with Crippen LogP contribution in [0.15, 0.2) is 9.98 Å². The van der Waals surface area contributed by atoms with Crippen molar-refractivity contribution >= 4 is 11.4 Å². The zero-order chi connectivity index (χ0) is 20.8. The predicted octanol–water partition coefficient (Wildman–Crippen LogP) is 7.16. The van der Waals surface area contributed by atoms with Crippen LogP contribution in [-0.4, -0.2) is 22.5 Å². The minimum Gasteiger partial charge on any atom is -0.284 e. The third kappa shape index (κ3) is 2.21. The minimum atomic E-state index is 0.197. The molecule has 8 bridgehead atoms.